The Hall–Kier alpha value is 0.0700. The standard InChI is InChI=1S/C5H11NO2S/c1-4(9(7)8)5-2-6-3-5/h4-6H,2-3H2,1H3,(H,7,8)/p-1. The zero-order valence-electron chi connectivity index (χ0n) is 5.29. The summed E-state index contributed by atoms with van der Waals surface area (Å²) in [6.45, 7) is 3.46. The normalized spacial score (nSPS) is 26.9. The maximum Gasteiger partial charge on any atom is 0.0240 e. The van der Waals surface area contributed by atoms with Crippen molar-refractivity contribution < 1.29 is 8.76 Å². The number of hydrogen-bond donors (Lipinski definition) is 1. The van der Waals surface area contributed by atoms with Crippen LogP contribution in [0.25, 0.3) is 0 Å². The molecular weight excluding hydrogens is 138 g/mol. The van der Waals surface area contributed by atoms with Gasteiger partial charge in [-0.05, 0) is 5.92 Å². The highest BCUT2D eigenvalue weighted by molar-refractivity contribution is 7.79. The van der Waals surface area contributed by atoms with Crippen LogP contribution in [0.5, 0.6) is 0 Å². The summed E-state index contributed by atoms with van der Waals surface area (Å²) in [6.07, 6.45) is 0. The quantitative estimate of drug-likeness (QED) is 0.536. The van der Waals surface area contributed by atoms with Crippen LogP contribution in [0.4, 0.5) is 0 Å². The number of hydrogen-bond acceptors (Lipinski definition) is 3. The summed E-state index contributed by atoms with van der Waals surface area (Å²) < 4.78 is 20.6. The minimum absolute atomic E-state index is 0.175. The van der Waals surface area contributed by atoms with Crippen LogP contribution < -0.4 is 5.32 Å². The van der Waals surface area contributed by atoms with E-state index in [1.54, 1.807) is 6.92 Å². The zero-order valence-corrected chi connectivity index (χ0v) is 6.11. The highest BCUT2D eigenvalue weighted by Crippen LogP contribution is 2.12. The Balaban J connectivity index is 2.32. The molecule has 0 saturated carbocycles. The van der Waals surface area contributed by atoms with E-state index in [2.05, 4.69) is 5.32 Å². The fourth-order valence-corrected chi connectivity index (χ4v) is 1.31. The van der Waals surface area contributed by atoms with Gasteiger partial charge in [0, 0.05) is 18.3 Å². The van der Waals surface area contributed by atoms with Crippen molar-refractivity contribution in [2.75, 3.05) is 13.1 Å². The largest absolute Gasteiger partial charge is 0.772 e. The average molecular weight is 148 g/mol. The van der Waals surface area contributed by atoms with E-state index < -0.39 is 11.1 Å². The van der Waals surface area contributed by atoms with Crippen molar-refractivity contribution in [2.24, 2.45) is 5.92 Å². The molecule has 0 aromatic heterocycles. The fourth-order valence-electron chi connectivity index (χ4n) is 0.800. The molecule has 1 rings (SSSR count). The van der Waals surface area contributed by atoms with Crippen molar-refractivity contribution in [1.29, 1.82) is 0 Å². The molecule has 0 aromatic carbocycles. The molecule has 54 valence electrons. The molecule has 0 aliphatic carbocycles. The van der Waals surface area contributed by atoms with Gasteiger partial charge in [0.1, 0.15) is 0 Å². The first kappa shape index (κ1) is 7.18. The predicted molar refractivity (Wildman–Crippen MR) is 34.7 cm³/mol. The highest BCUT2D eigenvalue weighted by atomic mass is 32.2. The van der Waals surface area contributed by atoms with Crippen LogP contribution in [0.1, 0.15) is 6.92 Å². The summed E-state index contributed by atoms with van der Waals surface area (Å²) >= 11 is -1.88. The second-order valence-corrected chi connectivity index (χ2v) is 3.65. The maximum absolute atomic E-state index is 10.3. The van der Waals surface area contributed by atoms with Gasteiger partial charge < -0.3 is 9.87 Å². The Morgan fingerprint density at radius 2 is 2.33 bits per heavy atom. The van der Waals surface area contributed by atoms with Gasteiger partial charge in [-0.1, -0.05) is 18.0 Å². The van der Waals surface area contributed by atoms with Crippen molar-refractivity contribution in [1.82, 2.24) is 5.32 Å². The van der Waals surface area contributed by atoms with Crippen LogP contribution in [0.15, 0.2) is 0 Å². The molecule has 0 aromatic rings. The first-order chi connectivity index (χ1) is 4.22. The molecule has 3 nitrogen and oxygen atoms in total. The van der Waals surface area contributed by atoms with E-state index in [1.165, 1.54) is 0 Å². The second kappa shape index (κ2) is 2.77. The SMILES string of the molecule is CC(C1CNC1)S(=O)[O-]. The minimum atomic E-state index is -1.88. The van der Waals surface area contributed by atoms with Crippen molar-refractivity contribution in [3.8, 4) is 0 Å². The summed E-state index contributed by atoms with van der Waals surface area (Å²) in [7, 11) is 0. The van der Waals surface area contributed by atoms with E-state index in [0.29, 0.717) is 5.92 Å². The van der Waals surface area contributed by atoms with Crippen LogP contribution in [-0.2, 0) is 11.1 Å². The molecule has 4 heteroatoms. The molecule has 1 aliphatic heterocycles. The molecule has 1 heterocycles. The first-order valence-corrected chi connectivity index (χ1v) is 4.14. The number of rotatable bonds is 2. The van der Waals surface area contributed by atoms with Gasteiger partial charge in [-0.2, -0.15) is 0 Å². The summed E-state index contributed by atoms with van der Waals surface area (Å²) in [6, 6.07) is 0. The van der Waals surface area contributed by atoms with E-state index in [4.69, 9.17) is 0 Å². The molecule has 0 radical (unpaired) electrons. The van der Waals surface area contributed by atoms with Crippen molar-refractivity contribution in [3.63, 3.8) is 0 Å². The summed E-state index contributed by atoms with van der Waals surface area (Å²) in [5, 5.41) is 2.85. The van der Waals surface area contributed by atoms with Crippen molar-refractivity contribution in [2.45, 2.75) is 12.2 Å². The molecule has 0 bridgehead atoms. The van der Waals surface area contributed by atoms with Crippen LogP contribution in [0.3, 0.4) is 0 Å². The fraction of sp³-hybridized carbons (Fsp3) is 1.00. The molecular formula is C5H10NO2S-. The van der Waals surface area contributed by atoms with Crippen molar-refractivity contribution in [3.05, 3.63) is 0 Å². The molecule has 1 fully saturated rings. The minimum Gasteiger partial charge on any atom is -0.772 e. The summed E-state index contributed by atoms with van der Waals surface area (Å²) in [4.78, 5) is 0. The van der Waals surface area contributed by atoms with Crippen LogP contribution in [0, 0.1) is 5.92 Å². The highest BCUT2D eigenvalue weighted by Gasteiger charge is 2.23. The van der Waals surface area contributed by atoms with Crippen LogP contribution in [-0.4, -0.2) is 27.1 Å². The third-order valence-electron chi connectivity index (χ3n) is 1.78. The van der Waals surface area contributed by atoms with E-state index in [-0.39, 0.29) is 5.25 Å². The lowest BCUT2D eigenvalue weighted by molar-refractivity contribution is 0.334. The monoisotopic (exact) mass is 148 g/mol. The van der Waals surface area contributed by atoms with E-state index in [1.807, 2.05) is 0 Å². The molecule has 1 N–H and O–H groups in total. The molecule has 9 heavy (non-hydrogen) atoms. The second-order valence-electron chi connectivity index (χ2n) is 2.38. The third-order valence-corrected chi connectivity index (χ3v) is 2.77. The van der Waals surface area contributed by atoms with Gasteiger partial charge in [0.05, 0.1) is 0 Å². The molecule has 1 saturated heterocycles. The first-order valence-electron chi connectivity index (χ1n) is 3.00. The predicted octanol–water partition coefficient (Wildman–Crippen LogP) is -0.527. The van der Waals surface area contributed by atoms with Crippen LogP contribution in [0.2, 0.25) is 0 Å². The van der Waals surface area contributed by atoms with Gasteiger partial charge in [0.25, 0.3) is 0 Å². The van der Waals surface area contributed by atoms with E-state index >= 15 is 0 Å². The lowest BCUT2D eigenvalue weighted by Crippen LogP contribution is -2.48. The average Bonchev–Trinajstić information content (AvgIpc) is 1.60. The summed E-state index contributed by atoms with van der Waals surface area (Å²) in [5.74, 6) is 0.350. The lowest BCUT2D eigenvalue weighted by atomic mass is 10.0. The van der Waals surface area contributed by atoms with Gasteiger partial charge in [0.15, 0.2) is 0 Å². The Kier molecular flexibility index (Phi) is 2.21. The van der Waals surface area contributed by atoms with Gasteiger partial charge in [-0.15, -0.1) is 0 Å². The zero-order chi connectivity index (χ0) is 6.85. The van der Waals surface area contributed by atoms with Gasteiger partial charge in [-0.25, -0.2) is 0 Å². The lowest BCUT2D eigenvalue weighted by Gasteiger charge is -2.33. The van der Waals surface area contributed by atoms with Gasteiger partial charge in [0.2, 0.25) is 0 Å². The van der Waals surface area contributed by atoms with Gasteiger partial charge >= 0.3 is 0 Å². The number of nitrogens with one attached hydrogen (secondary N) is 1. The van der Waals surface area contributed by atoms with E-state index in [0.717, 1.165) is 13.1 Å². The Morgan fingerprint density at radius 1 is 1.78 bits per heavy atom. The van der Waals surface area contributed by atoms with Crippen molar-refractivity contribution >= 4 is 11.1 Å². The maximum atomic E-state index is 10.3. The van der Waals surface area contributed by atoms with Gasteiger partial charge in [-0.3, -0.25) is 4.21 Å². The van der Waals surface area contributed by atoms with Crippen LogP contribution >= 0.6 is 0 Å². The molecule has 2 unspecified atom stereocenters. The molecule has 0 amide bonds. The Labute approximate surface area is 57.1 Å². The Morgan fingerprint density at radius 3 is 2.44 bits per heavy atom. The third kappa shape index (κ3) is 1.50. The smallest absolute Gasteiger partial charge is 0.0240 e. The topological polar surface area (TPSA) is 52.2 Å². The van der Waals surface area contributed by atoms with E-state index in [9.17, 15) is 8.76 Å². The molecule has 1 aliphatic rings. The molecule has 0 spiro atoms. The molecule has 2 atom stereocenters. The Bertz CT molecular complexity index is 124. The summed E-state index contributed by atoms with van der Waals surface area (Å²) in [5.41, 5.74) is 0.